The third kappa shape index (κ3) is 4.70. The lowest BCUT2D eigenvalue weighted by atomic mass is 10.1. The number of rotatable bonds is 5. The number of hydrogen-bond acceptors (Lipinski definition) is 3. The molecule has 0 radical (unpaired) electrons. The van der Waals surface area contributed by atoms with Gasteiger partial charge < -0.3 is 10.2 Å². The van der Waals surface area contributed by atoms with Crippen LogP contribution in [0.25, 0.3) is 0 Å². The molecule has 2 fully saturated rings. The number of carbonyl (C=O) groups is 1. The topological polar surface area (TPSA) is 35.6 Å². The van der Waals surface area contributed by atoms with E-state index < -0.39 is 0 Å². The van der Waals surface area contributed by atoms with Gasteiger partial charge in [0.2, 0.25) is 5.91 Å². The van der Waals surface area contributed by atoms with Crippen molar-refractivity contribution in [1.82, 2.24) is 15.1 Å². The molecule has 0 aromatic heterocycles. The number of nitrogens with one attached hydrogen (secondary N) is 1. The van der Waals surface area contributed by atoms with Crippen LogP contribution in [-0.2, 0) is 11.3 Å². The van der Waals surface area contributed by atoms with Crippen LogP contribution in [0, 0.1) is 0 Å². The first-order chi connectivity index (χ1) is 10.2. The molecule has 22 heavy (non-hydrogen) atoms. The minimum absolute atomic E-state index is 0. The maximum atomic E-state index is 12.2. The summed E-state index contributed by atoms with van der Waals surface area (Å²) < 4.78 is 0. The molecule has 4 nitrogen and oxygen atoms in total. The third-order valence-corrected chi connectivity index (χ3v) is 4.33. The quantitative estimate of drug-likeness (QED) is 0.898. The summed E-state index contributed by atoms with van der Waals surface area (Å²) in [5.41, 5.74) is 2.78. The molecule has 1 aliphatic heterocycles. The van der Waals surface area contributed by atoms with Gasteiger partial charge in [0.1, 0.15) is 0 Å². The zero-order chi connectivity index (χ0) is 14.7. The Morgan fingerprint density at radius 3 is 2.73 bits per heavy atom. The van der Waals surface area contributed by atoms with Crippen molar-refractivity contribution in [3.63, 3.8) is 0 Å². The normalized spacial score (nSPS) is 18.2. The molecule has 1 N–H and O–H groups in total. The largest absolute Gasteiger partial charge is 0.339 e. The van der Waals surface area contributed by atoms with E-state index in [2.05, 4.69) is 34.5 Å². The number of benzene rings is 1. The first kappa shape index (κ1) is 17.3. The lowest BCUT2D eigenvalue weighted by molar-refractivity contribution is -0.132. The molecule has 1 heterocycles. The minimum atomic E-state index is 0. The highest BCUT2D eigenvalue weighted by Crippen LogP contribution is 2.40. The van der Waals surface area contributed by atoms with Gasteiger partial charge in [0.25, 0.3) is 0 Å². The molecular formula is C17H26ClN3O. The predicted octanol–water partition coefficient (Wildman–Crippen LogP) is 1.85. The van der Waals surface area contributed by atoms with Crippen molar-refractivity contribution < 1.29 is 4.79 Å². The number of nitrogens with zero attached hydrogens (tertiary/aromatic N) is 2. The van der Waals surface area contributed by atoms with Gasteiger partial charge in [-0.25, -0.2) is 0 Å². The second-order valence-electron chi connectivity index (χ2n) is 6.32. The van der Waals surface area contributed by atoms with E-state index in [0.717, 1.165) is 38.6 Å². The van der Waals surface area contributed by atoms with Gasteiger partial charge in [0.15, 0.2) is 0 Å². The third-order valence-electron chi connectivity index (χ3n) is 4.33. The molecule has 0 spiro atoms. The summed E-state index contributed by atoms with van der Waals surface area (Å²) in [7, 11) is 2.03. The Bertz CT molecular complexity index is 498. The van der Waals surface area contributed by atoms with Gasteiger partial charge in [-0.05, 0) is 36.9 Å². The first-order valence-corrected chi connectivity index (χ1v) is 7.98. The zero-order valence-corrected chi connectivity index (χ0v) is 14.1. The van der Waals surface area contributed by atoms with Gasteiger partial charge in [-0.15, -0.1) is 12.4 Å². The molecule has 122 valence electrons. The summed E-state index contributed by atoms with van der Waals surface area (Å²) in [5, 5.41) is 3.28. The first-order valence-electron chi connectivity index (χ1n) is 7.98. The lowest BCUT2D eigenvalue weighted by Crippen LogP contribution is -2.49. The monoisotopic (exact) mass is 323 g/mol. The highest BCUT2D eigenvalue weighted by Gasteiger charge is 2.23. The SMILES string of the molecule is CN(CC(=O)N1CCNCC1)Cc1cccc(C2CC2)c1.Cl. The van der Waals surface area contributed by atoms with Gasteiger partial charge in [-0.1, -0.05) is 24.3 Å². The molecule has 5 heteroatoms. The number of piperazine rings is 1. The van der Waals surface area contributed by atoms with Gasteiger partial charge >= 0.3 is 0 Å². The predicted molar refractivity (Wildman–Crippen MR) is 91.4 cm³/mol. The molecule has 1 amide bonds. The Hall–Kier alpha value is -1.10. The molecule has 2 aliphatic rings. The van der Waals surface area contributed by atoms with Crippen molar-refractivity contribution in [1.29, 1.82) is 0 Å². The molecular weight excluding hydrogens is 298 g/mol. The van der Waals surface area contributed by atoms with E-state index in [9.17, 15) is 4.79 Å². The Labute approximate surface area is 139 Å². The summed E-state index contributed by atoms with van der Waals surface area (Å²) in [6.45, 7) is 4.86. The van der Waals surface area contributed by atoms with E-state index in [-0.39, 0.29) is 18.3 Å². The Morgan fingerprint density at radius 1 is 1.32 bits per heavy atom. The van der Waals surface area contributed by atoms with E-state index in [1.165, 1.54) is 24.0 Å². The van der Waals surface area contributed by atoms with Crippen molar-refractivity contribution in [2.24, 2.45) is 0 Å². The van der Waals surface area contributed by atoms with Crippen molar-refractivity contribution in [3.05, 3.63) is 35.4 Å². The van der Waals surface area contributed by atoms with Crippen molar-refractivity contribution in [3.8, 4) is 0 Å². The smallest absolute Gasteiger partial charge is 0.236 e. The van der Waals surface area contributed by atoms with E-state index in [0.29, 0.717) is 6.54 Å². The van der Waals surface area contributed by atoms with Crippen LogP contribution in [0.1, 0.15) is 29.9 Å². The van der Waals surface area contributed by atoms with Crippen LogP contribution in [0.5, 0.6) is 0 Å². The van der Waals surface area contributed by atoms with E-state index in [4.69, 9.17) is 0 Å². The Kier molecular flexibility index (Phi) is 6.24. The molecule has 0 atom stereocenters. The van der Waals surface area contributed by atoms with E-state index >= 15 is 0 Å². The average Bonchev–Trinajstić information content (AvgIpc) is 3.33. The average molecular weight is 324 g/mol. The molecule has 1 aliphatic carbocycles. The molecule has 3 rings (SSSR count). The van der Waals surface area contributed by atoms with Gasteiger partial charge in [-0.3, -0.25) is 9.69 Å². The summed E-state index contributed by atoms with van der Waals surface area (Å²) in [6.07, 6.45) is 2.67. The molecule has 1 aromatic carbocycles. The fraction of sp³-hybridized carbons (Fsp3) is 0.588. The molecule has 0 unspecified atom stereocenters. The molecule has 1 saturated heterocycles. The van der Waals surface area contributed by atoms with Crippen LogP contribution in [0.2, 0.25) is 0 Å². The van der Waals surface area contributed by atoms with Crippen LogP contribution in [-0.4, -0.2) is 55.5 Å². The van der Waals surface area contributed by atoms with Crippen molar-refractivity contribution in [2.75, 3.05) is 39.8 Å². The van der Waals surface area contributed by atoms with Crippen molar-refractivity contribution >= 4 is 18.3 Å². The maximum absolute atomic E-state index is 12.2. The molecule has 1 saturated carbocycles. The molecule has 1 aromatic rings. The van der Waals surface area contributed by atoms with Crippen LogP contribution in [0.3, 0.4) is 0 Å². The fourth-order valence-corrected chi connectivity index (χ4v) is 2.97. The summed E-state index contributed by atoms with van der Waals surface area (Å²) >= 11 is 0. The highest BCUT2D eigenvalue weighted by atomic mass is 35.5. The van der Waals surface area contributed by atoms with Crippen LogP contribution in [0.15, 0.2) is 24.3 Å². The Balaban J connectivity index is 0.00000176. The van der Waals surface area contributed by atoms with Crippen LogP contribution in [0.4, 0.5) is 0 Å². The van der Waals surface area contributed by atoms with Crippen LogP contribution >= 0.6 is 12.4 Å². The lowest BCUT2D eigenvalue weighted by Gasteiger charge is -2.29. The number of likely N-dealkylation sites (N-methyl/N-ethyl adjacent to an activating group) is 1. The summed E-state index contributed by atoms with van der Waals surface area (Å²) in [6, 6.07) is 8.85. The standard InChI is InChI=1S/C17H25N3O.ClH/c1-19(13-17(21)20-9-7-18-8-10-20)12-14-3-2-4-16(11-14)15-5-6-15;/h2-4,11,15,18H,5-10,12-13H2,1H3;1H. The Morgan fingerprint density at radius 2 is 2.05 bits per heavy atom. The number of hydrogen-bond donors (Lipinski definition) is 1. The summed E-state index contributed by atoms with van der Waals surface area (Å²) in [4.78, 5) is 16.3. The second kappa shape index (κ2) is 7.95. The fourth-order valence-electron chi connectivity index (χ4n) is 2.97. The number of halogens is 1. The number of carbonyl (C=O) groups excluding carboxylic acids is 1. The molecule has 0 bridgehead atoms. The van der Waals surface area contributed by atoms with E-state index in [1.807, 2.05) is 11.9 Å². The second-order valence-corrected chi connectivity index (χ2v) is 6.32. The minimum Gasteiger partial charge on any atom is -0.339 e. The highest BCUT2D eigenvalue weighted by molar-refractivity contribution is 5.85. The zero-order valence-electron chi connectivity index (χ0n) is 13.3. The maximum Gasteiger partial charge on any atom is 0.236 e. The summed E-state index contributed by atoms with van der Waals surface area (Å²) in [5.74, 6) is 1.04. The van der Waals surface area contributed by atoms with Gasteiger partial charge in [0.05, 0.1) is 6.54 Å². The van der Waals surface area contributed by atoms with Gasteiger partial charge in [0, 0.05) is 32.7 Å². The van der Waals surface area contributed by atoms with Crippen molar-refractivity contribution in [2.45, 2.75) is 25.3 Å². The van der Waals surface area contributed by atoms with E-state index in [1.54, 1.807) is 0 Å². The van der Waals surface area contributed by atoms with Crippen LogP contribution < -0.4 is 5.32 Å². The number of amides is 1. The van der Waals surface area contributed by atoms with Gasteiger partial charge in [-0.2, -0.15) is 0 Å².